The molecule has 2 unspecified atom stereocenters. The summed E-state index contributed by atoms with van der Waals surface area (Å²) in [7, 11) is 0. The van der Waals surface area contributed by atoms with Gasteiger partial charge in [-0.1, -0.05) is 0 Å². The lowest BCUT2D eigenvalue weighted by atomic mass is 9.94. The van der Waals surface area contributed by atoms with E-state index in [1.807, 2.05) is 22.8 Å². The first-order valence-electron chi connectivity index (χ1n) is 6.80. The van der Waals surface area contributed by atoms with E-state index in [9.17, 15) is 0 Å². The Morgan fingerprint density at radius 2 is 2.26 bits per heavy atom. The van der Waals surface area contributed by atoms with Crippen molar-refractivity contribution >= 4 is 27.5 Å². The fourth-order valence-corrected chi connectivity index (χ4v) is 3.52. The van der Waals surface area contributed by atoms with Gasteiger partial charge in [-0.25, -0.2) is 4.52 Å². The Labute approximate surface area is 120 Å². The molecule has 0 bridgehead atoms. The molecule has 0 aliphatic carbocycles. The molecular formula is C13H16BrN5. The van der Waals surface area contributed by atoms with E-state index >= 15 is 0 Å². The van der Waals surface area contributed by atoms with Crippen LogP contribution in [0.15, 0.2) is 22.8 Å². The van der Waals surface area contributed by atoms with Crippen molar-refractivity contribution in [3.05, 3.63) is 22.8 Å². The second kappa shape index (κ2) is 4.45. The average molecular weight is 322 g/mol. The number of nitrogens with zero attached hydrogens (tertiary/aromatic N) is 4. The van der Waals surface area contributed by atoms with Crippen LogP contribution in [0.4, 0.5) is 5.95 Å². The highest BCUT2D eigenvalue weighted by Crippen LogP contribution is 2.27. The largest absolute Gasteiger partial charge is 0.338 e. The molecule has 2 atom stereocenters. The Bertz CT molecular complexity index is 596. The monoisotopic (exact) mass is 321 g/mol. The molecule has 1 N–H and O–H groups in total. The maximum atomic E-state index is 4.62. The summed E-state index contributed by atoms with van der Waals surface area (Å²) < 4.78 is 2.86. The quantitative estimate of drug-likeness (QED) is 0.868. The highest BCUT2D eigenvalue weighted by Gasteiger charge is 2.35. The van der Waals surface area contributed by atoms with Crippen molar-refractivity contribution in [2.75, 3.05) is 24.5 Å². The highest BCUT2D eigenvalue weighted by atomic mass is 79.9. The van der Waals surface area contributed by atoms with Gasteiger partial charge in [0.05, 0.1) is 0 Å². The van der Waals surface area contributed by atoms with Crippen LogP contribution in [0.25, 0.3) is 5.65 Å². The minimum atomic E-state index is 0.618. The summed E-state index contributed by atoms with van der Waals surface area (Å²) >= 11 is 3.46. The molecule has 100 valence electrons. The van der Waals surface area contributed by atoms with E-state index in [1.54, 1.807) is 0 Å². The summed E-state index contributed by atoms with van der Waals surface area (Å²) in [5.74, 6) is 1.61. The Kier molecular flexibility index (Phi) is 2.73. The molecule has 0 amide bonds. The van der Waals surface area contributed by atoms with Crippen molar-refractivity contribution in [1.29, 1.82) is 0 Å². The number of halogens is 1. The van der Waals surface area contributed by atoms with Gasteiger partial charge in [0.2, 0.25) is 5.95 Å². The van der Waals surface area contributed by atoms with Gasteiger partial charge in [-0.15, -0.1) is 5.10 Å². The second-order valence-corrected chi connectivity index (χ2v) is 6.35. The zero-order chi connectivity index (χ0) is 12.8. The zero-order valence-corrected chi connectivity index (χ0v) is 12.2. The van der Waals surface area contributed by atoms with Gasteiger partial charge in [0, 0.05) is 29.8 Å². The summed E-state index contributed by atoms with van der Waals surface area (Å²) in [6.45, 7) is 3.26. The summed E-state index contributed by atoms with van der Waals surface area (Å²) in [5, 5.41) is 8.20. The van der Waals surface area contributed by atoms with Crippen molar-refractivity contribution in [3.63, 3.8) is 0 Å². The Morgan fingerprint density at radius 1 is 1.32 bits per heavy atom. The summed E-state index contributed by atoms with van der Waals surface area (Å²) in [6.07, 6.45) is 4.57. The summed E-state index contributed by atoms with van der Waals surface area (Å²) in [5.41, 5.74) is 0.904. The van der Waals surface area contributed by atoms with Crippen molar-refractivity contribution in [2.45, 2.75) is 18.9 Å². The number of rotatable bonds is 1. The van der Waals surface area contributed by atoms with E-state index in [0.717, 1.165) is 41.6 Å². The third-order valence-corrected chi connectivity index (χ3v) is 4.63. The molecular weight excluding hydrogens is 306 g/mol. The molecule has 2 saturated heterocycles. The van der Waals surface area contributed by atoms with Crippen LogP contribution >= 0.6 is 15.9 Å². The molecule has 19 heavy (non-hydrogen) atoms. The third-order valence-electron chi connectivity index (χ3n) is 4.17. The fourth-order valence-electron chi connectivity index (χ4n) is 3.19. The zero-order valence-electron chi connectivity index (χ0n) is 10.6. The first-order valence-corrected chi connectivity index (χ1v) is 7.59. The Hall–Kier alpha value is -1.14. The van der Waals surface area contributed by atoms with Crippen molar-refractivity contribution in [1.82, 2.24) is 19.9 Å². The van der Waals surface area contributed by atoms with Crippen LogP contribution in [0.5, 0.6) is 0 Å². The lowest BCUT2D eigenvalue weighted by Gasteiger charge is -2.24. The van der Waals surface area contributed by atoms with Crippen LogP contribution in [0.3, 0.4) is 0 Å². The van der Waals surface area contributed by atoms with Gasteiger partial charge >= 0.3 is 0 Å². The van der Waals surface area contributed by atoms with Gasteiger partial charge in [0.15, 0.2) is 5.65 Å². The smallest absolute Gasteiger partial charge is 0.245 e. The van der Waals surface area contributed by atoms with E-state index in [4.69, 9.17) is 0 Å². The number of nitrogens with one attached hydrogen (secondary N) is 1. The maximum Gasteiger partial charge on any atom is 0.245 e. The van der Waals surface area contributed by atoms with E-state index in [2.05, 4.69) is 36.2 Å². The van der Waals surface area contributed by atoms with Crippen LogP contribution in [-0.4, -0.2) is 40.3 Å². The summed E-state index contributed by atoms with van der Waals surface area (Å²) in [6, 6.07) is 4.60. The van der Waals surface area contributed by atoms with Crippen LogP contribution in [0.2, 0.25) is 0 Å². The Morgan fingerprint density at radius 3 is 3.16 bits per heavy atom. The summed E-state index contributed by atoms with van der Waals surface area (Å²) in [4.78, 5) is 6.94. The highest BCUT2D eigenvalue weighted by molar-refractivity contribution is 9.10. The van der Waals surface area contributed by atoms with Crippen molar-refractivity contribution < 1.29 is 0 Å². The predicted octanol–water partition coefficient (Wildman–Crippen LogP) is 1.68. The topological polar surface area (TPSA) is 45.5 Å². The van der Waals surface area contributed by atoms with E-state index < -0.39 is 0 Å². The maximum absolute atomic E-state index is 4.62. The standard InChI is InChI=1S/C13H16BrN5/c14-10-3-4-12-16-13(17-19(12)7-10)18-6-9-2-1-5-15-11(9)8-18/h3-4,7,9,11,15H,1-2,5-6,8H2. The van der Waals surface area contributed by atoms with Crippen molar-refractivity contribution in [2.24, 2.45) is 5.92 Å². The minimum Gasteiger partial charge on any atom is -0.338 e. The molecule has 0 spiro atoms. The van der Waals surface area contributed by atoms with Gasteiger partial charge in [0.1, 0.15) is 0 Å². The van der Waals surface area contributed by atoms with Crippen LogP contribution in [0, 0.1) is 5.92 Å². The van der Waals surface area contributed by atoms with Crippen LogP contribution in [-0.2, 0) is 0 Å². The number of piperidine rings is 1. The van der Waals surface area contributed by atoms with Crippen LogP contribution < -0.4 is 10.2 Å². The fraction of sp³-hybridized carbons (Fsp3) is 0.538. The number of hydrogen-bond donors (Lipinski definition) is 1. The lowest BCUT2D eigenvalue weighted by Crippen LogP contribution is -2.40. The van der Waals surface area contributed by atoms with Gasteiger partial charge < -0.3 is 10.2 Å². The van der Waals surface area contributed by atoms with Gasteiger partial charge in [-0.05, 0) is 53.4 Å². The molecule has 4 rings (SSSR count). The number of hydrogen-bond acceptors (Lipinski definition) is 4. The number of pyridine rings is 1. The minimum absolute atomic E-state index is 0.618. The molecule has 4 heterocycles. The second-order valence-electron chi connectivity index (χ2n) is 5.43. The molecule has 5 nitrogen and oxygen atoms in total. The SMILES string of the molecule is Brc1ccc2nc(N3CC4CCCNC4C3)nn2c1. The molecule has 6 heteroatoms. The van der Waals surface area contributed by atoms with Crippen molar-refractivity contribution in [3.8, 4) is 0 Å². The molecule has 2 aromatic rings. The molecule has 0 saturated carbocycles. The van der Waals surface area contributed by atoms with Gasteiger partial charge in [-0.3, -0.25) is 0 Å². The van der Waals surface area contributed by atoms with E-state index in [0.29, 0.717) is 6.04 Å². The number of anilines is 1. The Balaban J connectivity index is 1.64. The normalized spacial score (nSPS) is 26.9. The molecule has 0 aromatic carbocycles. The number of aromatic nitrogens is 3. The third kappa shape index (κ3) is 2.03. The number of fused-ring (bicyclic) bond motifs is 2. The first-order chi connectivity index (χ1) is 9.29. The van der Waals surface area contributed by atoms with Crippen LogP contribution in [0.1, 0.15) is 12.8 Å². The van der Waals surface area contributed by atoms with Gasteiger partial charge in [0.25, 0.3) is 0 Å². The molecule has 2 fully saturated rings. The van der Waals surface area contributed by atoms with E-state index in [1.165, 1.54) is 12.8 Å². The lowest BCUT2D eigenvalue weighted by molar-refractivity contribution is 0.340. The average Bonchev–Trinajstić information content (AvgIpc) is 3.00. The molecule has 2 aromatic heterocycles. The molecule has 0 radical (unpaired) electrons. The predicted molar refractivity (Wildman–Crippen MR) is 77.4 cm³/mol. The van der Waals surface area contributed by atoms with Gasteiger partial charge in [-0.2, -0.15) is 4.98 Å². The first kappa shape index (κ1) is 11.7. The molecule has 2 aliphatic heterocycles. The van der Waals surface area contributed by atoms with E-state index in [-0.39, 0.29) is 0 Å². The molecule has 2 aliphatic rings.